The molecular formula is C6H10N4O2. The van der Waals surface area contributed by atoms with Crippen LogP contribution in [0.25, 0.3) is 0 Å². The number of aromatic amines is 1. The number of aliphatic hydroxyl groups excluding tert-OH is 1. The Kier molecular flexibility index (Phi) is 2.76. The maximum Gasteiger partial charge on any atom is 0.288 e. The quantitative estimate of drug-likeness (QED) is 0.538. The second-order valence-corrected chi connectivity index (χ2v) is 2.39. The maximum atomic E-state index is 11.1. The lowest BCUT2D eigenvalue weighted by Crippen LogP contribution is -2.35. The van der Waals surface area contributed by atoms with Crippen LogP contribution in [-0.4, -0.2) is 38.8 Å². The molecule has 1 aromatic rings. The van der Waals surface area contributed by atoms with Crippen molar-refractivity contribution in [2.75, 3.05) is 6.61 Å². The predicted octanol–water partition coefficient (Wildman–Crippen LogP) is -1.08. The summed E-state index contributed by atoms with van der Waals surface area (Å²) in [7, 11) is 0. The molecule has 0 spiro atoms. The Morgan fingerprint density at radius 3 is 3.17 bits per heavy atom. The summed E-state index contributed by atoms with van der Waals surface area (Å²) in [5.41, 5.74) is 0. The lowest BCUT2D eigenvalue weighted by atomic mass is 10.3. The summed E-state index contributed by atoms with van der Waals surface area (Å²) >= 11 is 0. The van der Waals surface area contributed by atoms with Gasteiger partial charge in [0.05, 0.1) is 6.61 Å². The molecule has 0 aromatic carbocycles. The molecule has 0 fully saturated rings. The molecule has 12 heavy (non-hydrogen) atoms. The Hall–Kier alpha value is -1.43. The number of aliphatic hydroxyl groups is 1. The van der Waals surface area contributed by atoms with Crippen LogP contribution in [0.4, 0.5) is 0 Å². The van der Waals surface area contributed by atoms with Crippen molar-refractivity contribution in [2.45, 2.75) is 13.0 Å². The second kappa shape index (κ2) is 3.82. The number of hydrogen-bond donors (Lipinski definition) is 3. The molecule has 0 bridgehead atoms. The lowest BCUT2D eigenvalue weighted by molar-refractivity contribution is 0.0912. The van der Waals surface area contributed by atoms with E-state index in [1.807, 2.05) is 0 Å². The van der Waals surface area contributed by atoms with Gasteiger partial charge in [-0.2, -0.15) is 5.10 Å². The van der Waals surface area contributed by atoms with Gasteiger partial charge in [0.1, 0.15) is 6.33 Å². The number of rotatable bonds is 3. The highest BCUT2D eigenvalue weighted by Crippen LogP contribution is 1.87. The number of nitrogens with zero attached hydrogens (tertiary/aromatic N) is 2. The monoisotopic (exact) mass is 170 g/mol. The number of amides is 1. The SMILES string of the molecule is C[C@@H](CO)NC(=O)c1ncn[nH]1. The zero-order valence-corrected chi connectivity index (χ0v) is 6.61. The van der Waals surface area contributed by atoms with Gasteiger partial charge < -0.3 is 10.4 Å². The van der Waals surface area contributed by atoms with Gasteiger partial charge >= 0.3 is 0 Å². The topological polar surface area (TPSA) is 90.9 Å². The molecule has 0 radical (unpaired) electrons. The minimum Gasteiger partial charge on any atom is -0.394 e. The maximum absolute atomic E-state index is 11.1. The van der Waals surface area contributed by atoms with Gasteiger partial charge in [-0.1, -0.05) is 0 Å². The minimum atomic E-state index is -0.367. The molecule has 1 atom stereocenters. The van der Waals surface area contributed by atoms with Gasteiger partial charge in [0.2, 0.25) is 5.82 Å². The molecule has 6 nitrogen and oxygen atoms in total. The first kappa shape index (κ1) is 8.66. The molecule has 0 aliphatic carbocycles. The van der Waals surface area contributed by atoms with Gasteiger partial charge in [0, 0.05) is 6.04 Å². The number of aromatic nitrogens is 3. The molecule has 6 heteroatoms. The summed E-state index contributed by atoms with van der Waals surface area (Å²) in [5, 5.41) is 17.1. The van der Waals surface area contributed by atoms with E-state index in [4.69, 9.17) is 5.11 Å². The Balaban J connectivity index is 2.50. The Morgan fingerprint density at radius 2 is 2.67 bits per heavy atom. The van der Waals surface area contributed by atoms with Crippen LogP contribution in [-0.2, 0) is 0 Å². The molecule has 0 aliphatic rings. The second-order valence-electron chi connectivity index (χ2n) is 2.39. The molecule has 1 amide bonds. The zero-order chi connectivity index (χ0) is 8.97. The summed E-state index contributed by atoms with van der Waals surface area (Å²) in [4.78, 5) is 14.8. The van der Waals surface area contributed by atoms with E-state index in [-0.39, 0.29) is 24.4 Å². The van der Waals surface area contributed by atoms with Crippen LogP contribution < -0.4 is 5.32 Å². The van der Waals surface area contributed by atoms with Crippen molar-refractivity contribution in [3.05, 3.63) is 12.2 Å². The van der Waals surface area contributed by atoms with Crippen LogP contribution in [0, 0.1) is 0 Å². The van der Waals surface area contributed by atoms with Gasteiger partial charge in [-0.05, 0) is 6.92 Å². The van der Waals surface area contributed by atoms with E-state index in [2.05, 4.69) is 20.5 Å². The van der Waals surface area contributed by atoms with Crippen LogP contribution in [0.15, 0.2) is 6.33 Å². The first-order valence-corrected chi connectivity index (χ1v) is 3.51. The van der Waals surface area contributed by atoms with E-state index in [1.165, 1.54) is 6.33 Å². The Labute approximate surface area is 69.0 Å². The molecule has 1 rings (SSSR count). The van der Waals surface area contributed by atoms with E-state index in [9.17, 15) is 4.79 Å². The standard InChI is InChI=1S/C6H10N4O2/c1-4(2-11)9-6(12)5-7-3-8-10-5/h3-4,11H,2H2,1H3,(H,9,12)(H,7,8,10)/t4-/m0/s1. The van der Waals surface area contributed by atoms with Crippen LogP contribution in [0.1, 0.15) is 17.5 Å². The van der Waals surface area contributed by atoms with E-state index >= 15 is 0 Å². The molecule has 0 unspecified atom stereocenters. The third kappa shape index (κ3) is 2.03. The van der Waals surface area contributed by atoms with E-state index in [0.717, 1.165) is 0 Å². The number of hydrogen-bond acceptors (Lipinski definition) is 4. The highest BCUT2D eigenvalue weighted by molar-refractivity contribution is 5.90. The zero-order valence-electron chi connectivity index (χ0n) is 6.61. The summed E-state index contributed by atoms with van der Waals surface area (Å²) in [6.45, 7) is 1.59. The van der Waals surface area contributed by atoms with Crippen molar-refractivity contribution >= 4 is 5.91 Å². The predicted molar refractivity (Wildman–Crippen MR) is 40.4 cm³/mol. The molecule has 66 valence electrons. The number of carbonyl (C=O) groups is 1. The summed E-state index contributed by atoms with van der Waals surface area (Å²) in [6.07, 6.45) is 1.25. The van der Waals surface area contributed by atoms with Gasteiger partial charge in [-0.3, -0.25) is 9.89 Å². The van der Waals surface area contributed by atoms with E-state index in [0.29, 0.717) is 0 Å². The smallest absolute Gasteiger partial charge is 0.288 e. The average Bonchev–Trinajstić information content (AvgIpc) is 2.56. The fourth-order valence-electron chi connectivity index (χ4n) is 0.653. The Morgan fingerprint density at radius 1 is 1.92 bits per heavy atom. The summed E-state index contributed by atoms with van der Waals surface area (Å²) < 4.78 is 0. The van der Waals surface area contributed by atoms with Gasteiger partial charge in [-0.25, -0.2) is 4.98 Å². The number of carbonyl (C=O) groups excluding carboxylic acids is 1. The first-order valence-electron chi connectivity index (χ1n) is 3.51. The van der Waals surface area contributed by atoms with Crippen molar-refractivity contribution in [1.82, 2.24) is 20.5 Å². The van der Waals surface area contributed by atoms with E-state index in [1.54, 1.807) is 6.92 Å². The van der Waals surface area contributed by atoms with E-state index < -0.39 is 0 Å². The first-order chi connectivity index (χ1) is 5.74. The van der Waals surface area contributed by atoms with Crippen molar-refractivity contribution in [1.29, 1.82) is 0 Å². The highest BCUT2D eigenvalue weighted by Gasteiger charge is 2.10. The fourth-order valence-corrected chi connectivity index (χ4v) is 0.653. The largest absolute Gasteiger partial charge is 0.394 e. The minimum absolute atomic E-state index is 0.0973. The molecule has 1 heterocycles. The molecular weight excluding hydrogens is 160 g/mol. The van der Waals surface area contributed by atoms with Gasteiger partial charge in [0.25, 0.3) is 5.91 Å². The van der Waals surface area contributed by atoms with Crippen LogP contribution in [0.2, 0.25) is 0 Å². The van der Waals surface area contributed by atoms with Crippen LogP contribution in [0.5, 0.6) is 0 Å². The fraction of sp³-hybridized carbons (Fsp3) is 0.500. The molecule has 1 aromatic heterocycles. The van der Waals surface area contributed by atoms with Gasteiger partial charge in [-0.15, -0.1) is 0 Å². The molecule has 0 saturated heterocycles. The average molecular weight is 170 g/mol. The molecule has 0 saturated carbocycles. The van der Waals surface area contributed by atoms with Crippen molar-refractivity contribution in [2.24, 2.45) is 0 Å². The van der Waals surface area contributed by atoms with Crippen LogP contribution in [0.3, 0.4) is 0 Å². The molecule has 3 N–H and O–H groups in total. The lowest BCUT2D eigenvalue weighted by Gasteiger charge is -2.07. The Bertz CT molecular complexity index is 246. The third-order valence-electron chi connectivity index (χ3n) is 1.28. The van der Waals surface area contributed by atoms with Gasteiger partial charge in [0.15, 0.2) is 0 Å². The van der Waals surface area contributed by atoms with Crippen LogP contribution >= 0.6 is 0 Å². The number of H-pyrrole nitrogens is 1. The van der Waals surface area contributed by atoms with Crippen molar-refractivity contribution in [3.8, 4) is 0 Å². The third-order valence-corrected chi connectivity index (χ3v) is 1.28. The summed E-state index contributed by atoms with van der Waals surface area (Å²) in [6, 6.07) is -0.275. The molecule has 0 aliphatic heterocycles. The number of nitrogens with one attached hydrogen (secondary N) is 2. The highest BCUT2D eigenvalue weighted by atomic mass is 16.3. The van der Waals surface area contributed by atoms with Crippen molar-refractivity contribution in [3.63, 3.8) is 0 Å². The normalized spacial score (nSPS) is 12.5. The van der Waals surface area contributed by atoms with Crippen molar-refractivity contribution < 1.29 is 9.90 Å². The summed E-state index contributed by atoms with van der Waals surface area (Å²) in [5.74, 6) is -0.218.